The number of primary amides is 1. The van der Waals surface area contributed by atoms with Crippen molar-refractivity contribution in [3.8, 4) is 0 Å². The molecule has 1 amide bonds. The van der Waals surface area contributed by atoms with Crippen molar-refractivity contribution < 1.29 is 9.42 Å². The van der Waals surface area contributed by atoms with Crippen molar-refractivity contribution in [2.45, 2.75) is 0 Å². The molecule has 0 aliphatic heterocycles. The summed E-state index contributed by atoms with van der Waals surface area (Å²) in [4.78, 5) is 10.8. The summed E-state index contributed by atoms with van der Waals surface area (Å²) in [6.45, 7) is 0. The molecule has 12 heavy (non-hydrogen) atoms. The van der Waals surface area contributed by atoms with E-state index in [1.165, 1.54) is 0 Å². The average molecular weight is 163 g/mol. The number of amides is 1. The Morgan fingerprint density at radius 1 is 1.42 bits per heavy atom. The summed E-state index contributed by atoms with van der Waals surface area (Å²) >= 11 is 0. The summed E-state index contributed by atoms with van der Waals surface area (Å²) in [5.41, 5.74) is 6.36. The van der Waals surface area contributed by atoms with Gasteiger partial charge >= 0.3 is 0 Å². The summed E-state index contributed by atoms with van der Waals surface area (Å²) in [5.74, 6) is -0.531. The fourth-order valence-electron chi connectivity index (χ4n) is 1.00. The first kappa shape index (κ1) is 6.78. The molecule has 0 radical (unpaired) electrons. The molecule has 0 aliphatic rings. The Balaban J connectivity index is 2.82. The molecule has 0 bridgehead atoms. The number of benzene rings is 1. The lowest BCUT2D eigenvalue weighted by Gasteiger charge is -1.91. The van der Waals surface area contributed by atoms with Gasteiger partial charge in [-0.2, -0.15) is 0 Å². The van der Waals surface area contributed by atoms with Gasteiger partial charge in [0.05, 0.1) is 5.56 Å². The molecule has 5 heteroatoms. The highest BCUT2D eigenvalue weighted by atomic mass is 16.6. The lowest BCUT2D eigenvalue weighted by Crippen LogP contribution is -2.11. The lowest BCUT2D eigenvalue weighted by atomic mass is 10.2. The maximum Gasteiger partial charge on any atom is 0.251 e. The standard InChI is InChI=1S/C7H5N3O2/c8-7(11)4-2-1-3-5-6(4)10-12-9-5/h1-3H,(H2,8,11). The van der Waals surface area contributed by atoms with Gasteiger partial charge in [0.2, 0.25) is 0 Å². The zero-order valence-corrected chi connectivity index (χ0v) is 6.02. The Labute approximate surface area is 67.1 Å². The second kappa shape index (κ2) is 2.30. The van der Waals surface area contributed by atoms with Gasteiger partial charge in [0.1, 0.15) is 11.0 Å². The summed E-state index contributed by atoms with van der Waals surface area (Å²) in [5, 5.41) is 7.12. The Morgan fingerprint density at radius 3 is 3.00 bits per heavy atom. The van der Waals surface area contributed by atoms with Gasteiger partial charge in [-0.05, 0) is 22.4 Å². The highest BCUT2D eigenvalue weighted by Crippen LogP contribution is 2.13. The third kappa shape index (κ3) is 0.833. The minimum Gasteiger partial charge on any atom is -0.366 e. The first-order valence-electron chi connectivity index (χ1n) is 3.30. The molecule has 1 aromatic heterocycles. The van der Waals surface area contributed by atoms with Crippen molar-refractivity contribution in [3.63, 3.8) is 0 Å². The van der Waals surface area contributed by atoms with E-state index in [1.54, 1.807) is 18.2 Å². The van der Waals surface area contributed by atoms with Crippen LogP contribution in [0.5, 0.6) is 0 Å². The minimum atomic E-state index is -0.531. The van der Waals surface area contributed by atoms with Gasteiger partial charge < -0.3 is 5.73 Å². The van der Waals surface area contributed by atoms with E-state index < -0.39 is 5.91 Å². The van der Waals surface area contributed by atoms with E-state index in [4.69, 9.17) is 5.73 Å². The SMILES string of the molecule is NC(=O)c1cccc2nonc12. The van der Waals surface area contributed by atoms with Crippen molar-refractivity contribution in [1.29, 1.82) is 0 Å². The van der Waals surface area contributed by atoms with Crippen LogP contribution >= 0.6 is 0 Å². The van der Waals surface area contributed by atoms with Gasteiger partial charge in [-0.25, -0.2) is 4.63 Å². The van der Waals surface area contributed by atoms with Crippen molar-refractivity contribution in [1.82, 2.24) is 10.3 Å². The van der Waals surface area contributed by atoms with E-state index in [2.05, 4.69) is 14.9 Å². The normalized spacial score (nSPS) is 10.3. The molecule has 2 rings (SSSR count). The predicted molar refractivity (Wildman–Crippen MR) is 40.3 cm³/mol. The van der Waals surface area contributed by atoms with Crippen molar-refractivity contribution in [3.05, 3.63) is 23.8 Å². The van der Waals surface area contributed by atoms with E-state index >= 15 is 0 Å². The second-order valence-corrected chi connectivity index (χ2v) is 2.30. The molecule has 1 heterocycles. The zero-order chi connectivity index (χ0) is 8.55. The maximum absolute atomic E-state index is 10.8. The number of hydrogen-bond acceptors (Lipinski definition) is 4. The third-order valence-electron chi connectivity index (χ3n) is 1.55. The maximum atomic E-state index is 10.8. The average Bonchev–Trinajstić information content (AvgIpc) is 2.49. The van der Waals surface area contributed by atoms with Gasteiger partial charge in [-0.3, -0.25) is 4.79 Å². The largest absolute Gasteiger partial charge is 0.366 e. The Morgan fingerprint density at radius 2 is 2.25 bits per heavy atom. The fourth-order valence-corrected chi connectivity index (χ4v) is 1.00. The molecule has 0 aliphatic carbocycles. The molecule has 0 fully saturated rings. The molecule has 2 N–H and O–H groups in total. The van der Waals surface area contributed by atoms with Gasteiger partial charge in [0.15, 0.2) is 0 Å². The summed E-state index contributed by atoms with van der Waals surface area (Å²) in [6.07, 6.45) is 0. The summed E-state index contributed by atoms with van der Waals surface area (Å²) < 4.78 is 4.45. The van der Waals surface area contributed by atoms with Gasteiger partial charge in [0.25, 0.3) is 5.91 Å². The van der Waals surface area contributed by atoms with Crippen LogP contribution in [0, 0.1) is 0 Å². The van der Waals surface area contributed by atoms with Crippen LogP contribution in [0.3, 0.4) is 0 Å². The van der Waals surface area contributed by atoms with Crippen molar-refractivity contribution in [2.75, 3.05) is 0 Å². The van der Waals surface area contributed by atoms with Crippen LogP contribution < -0.4 is 5.73 Å². The molecule has 0 unspecified atom stereocenters. The topological polar surface area (TPSA) is 82.0 Å². The molecule has 60 valence electrons. The smallest absolute Gasteiger partial charge is 0.251 e. The number of nitrogens with two attached hydrogens (primary N) is 1. The number of rotatable bonds is 1. The van der Waals surface area contributed by atoms with E-state index in [-0.39, 0.29) is 0 Å². The Kier molecular flexibility index (Phi) is 1.30. The summed E-state index contributed by atoms with van der Waals surface area (Å²) in [7, 11) is 0. The van der Waals surface area contributed by atoms with Crippen molar-refractivity contribution in [2.24, 2.45) is 5.73 Å². The highest BCUT2D eigenvalue weighted by Gasteiger charge is 2.09. The predicted octanol–water partition coefficient (Wildman–Crippen LogP) is 0.322. The molecule has 5 nitrogen and oxygen atoms in total. The Hall–Kier alpha value is -1.91. The highest BCUT2D eigenvalue weighted by molar-refractivity contribution is 6.03. The van der Waals surface area contributed by atoms with Gasteiger partial charge in [-0.1, -0.05) is 6.07 Å². The molecule has 1 aromatic carbocycles. The second-order valence-electron chi connectivity index (χ2n) is 2.30. The number of hydrogen-bond donors (Lipinski definition) is 1. The van der Waals surface area contributed by atoms with Crippen LogP contribution in [0.2, 0.25) is 0 Å². The van der Waals surface area contributed by atoms with E-state index in [1.807, 2.05) is 0 Å². The fraction of sp³-hybridized carbons (Fsp3) is 0. The molecular formula is C7H5N3O2. The number of nitrogens with zero attached hydrogens (tertiary/aromatic N) is 2. The van der Waals surface area contributed by atoms with Crippen LogP contribution in [-0.2, 0) is 0 Å². The minimum absolute atomic E-state index is 0.328. The first-order valence-corrected chi connectivity index (χ1v) is 3.30. The Bertz CT molecular complexity index is 435. The van der Waals surface area contributed by atoms with Crippen LogP contribution in [-0.4, -0.2) is 16.2 Å². The van der Waals surface area contributed by atoms with E-state index in [0.29, 0.717) is 16.6 Å². The molecule has 0 spiro atoms. The first-order chi connectivity index (χ1) is 5.79. The molecule has 0 saturated heterocycles. The van der Waals surface area contributed by atoms with Crippen LogP contribution in [0.1, 0.15) is 10.4 Å². The number of carbonyl (C=O) groups is 1. The molecule has 0 saturated carbocycles. The van der Waals surface area contributed by atoms with Crippen molar-refractivity contribution >= 4 is 16.9 Å². The molecular weight excluding hydrogens is 158 g/mol. The van der Waals surface area contributed by atoms with Crippen LogP contribution in [0.25, 0.3) is 11.0 Å². The quantitative estimate of drug-likeness (QED) is 0.656. The van der Waals surface area contributed by atoms with Gasteiger partial charge in [-0.15, -0.1) is 0 Å². The molecule has 0 atom stereocenters. The number of carbonyl (C=O) groups excluding carboxylic acids is 1. The van der Waals surface area contributed by atoms with E-state index in [0.717, 1.165) is 0 Å². The number of fused-ring (bicyclic) bond motifs is 1. The third-order valence-corrected chi connectivity index (χ3v) is 1.55. The van der Waals surface area contributed by atoms with Gasteiger partial charge in [0, 0.05) is 0 Å². The van der Waals surface area contributed by atoms with E-state index in [9.17, 15) is 4.79 Å². The van der Waals surface area contributed by atoms with Crippen LogP contribution in [0.15, 0.2) is 22.8 Å². The monoisotopic (exact) mass is 163 g/mol. The number of aromatic nitrogens is 2. The van der Waals surface area contributed by atoms with Crippen LogP contribution in [0.4, 0.5) is 0 Å². The zero-order valence-electron chi connectivity index (χ0n) is 6.02. The summed E-state index contributed by atoms with van der Waals surface area (Å²) in [6, 6.07) is 4.94. The lowest BCUT2D eigenvalue weighted by molar-refractivity contribution is 0.100. The molecule has 2 aromatic rings.